The van der Waals surface area contributed by atoms with Gasteiger partial charge in [-0.3, -0.25) is 14.9 Å². The van der Waals surface area contributed by atoms with Crippen molar-refractivity contribution in [3.05, 3.63) is 57.6 Å². The fourth-order valence-corrected chi connectivity index (χ4v) is 3.78. The van der Waals surface area contributed by atoms with E-state index in [1.807, 2.05) is 13.0 Å². The van der Waals surface area contributed by atoms with Gasteiger partial charge in [-0.1, -0.05) is 6.07 Å². The highest BCUT2D eigenvalue weighted by molar-refractivity contribution is 6.00. The third-order valence-electron chi connectivity index (χ3n) is 5.50. The number of aliphatic hydroxyl groups is 1. The molecule has 0 bridgehead atoms. The number of non-ortho nitro benzene ring substituents is 1. The van der Waals surface area contributed by atoms with Gasteiger partial charge in [-0.15, -0.1) is 0 Å². The van der Waals surface area contributed by atoms with Crippen molar-refractivity contribution in [3.8, 4) is 11.5 Å². The molecule has 9 nitrogen and oxygen atoms in total. The molecular weight excluding hydrogens is 414 g/mol. The maximum atomic E-state index is 13.0. The van der Waals surface area contributed by atoms with Gasteiger partial charge in [0.2, 0.25) is 0 Å². The minimum Gasteiger partial charge on any atom is -0.493 e. The lowest BCUT2D eigenvalue weighted by atomic mass is 9.92. The quantitative estimate of drug-likeness (QED) is 0.399. The Morgan fingerprint density at radius 1 is 1.16 bits per heavy atom. The van der Waals surface area contributed by atoms with Crippen LogP contribution in [-0.4, -0.2) is 41.8 Å². The summed E-state index contributed by atoms with van der Waals surface area (Å²) in [4.78, 5) is 23.7. The van der Waals surface area contributed by atoms with Crippen molar-refractivity contribution in [1.82, 2.24) is 5.32 Å². The van der Waals surface area contributed by atoms with E-state index in [0.29, 0.717) is 36.6 Å². The molecule has 0 unspecified atom stereocenters. The SMILES string of the molecule is CCOc1cc(CNC(=O)c2cc([N+](=O)[O-])ccc2N[C@H]2CC[C@@H](O)CC2)ccc1OC. The van der Waals surface area contributed by atoms with Crippen LogP contribution in [0.3, 0.4) is 0 Å². The van der Waals surface area contributed by atoms with Gasteiger partial charge in [-0.05, 0) is 56.4 Å². The Labute approximate surface area is 186 Å². The predicted octanol–water partition coefficient (Wildman–Crippen LogP) is 3.65. The minimum absolute atomic E-state index is 0.0988. The number of nitrogens with zero attached hydrogens (tertiary/aromatic N) is 1. The molecule has 2 aromatic rings. The molecule has 0 saturated heterocycles. The van der Waals surface area contributed by atoms with Crippen LogP contribution in [0.25, 0.3) is 0 Å². The van der Waals surface area contributed by atoms with Gasteiger partial charge < -0.3 is 25.2 Å². The van der Waals surface area contributed by atoms with E-state index in [-0.39, 0.29) is 29.9 Å². The van der Waals surface area contributed by atoms with Gasteiger partial charge in [0.15, 0.2) is 11.5 Å². The average molecular weight is 444 g/mol. The number of anilines is 1. The molecule has 0 atom stereocenters. The number of nitro benzene ring substituents is 1. The Morgan fingerprint density at radius 2 is 1.91 bits per heavy atom. The van der Waals surface area contributed by atoms with Crippen LogP contribution in [0, 0.1) is 10.1 Å². The lowest BCUT2D eigenvalue weighted by Gasteiger charge is -2.27. The average Bonchev–Trinajstić information content (AvgIpc) is 2.79. The zero-order chi connectivity index (χ0) is 23.1. The van der Waals surface area contributed by atoms with Gasteiger partial charge in [0, 0.05) is 30.4 Å². The maximum Gasteiger partial charge on any atom is 0.270 e. The van der Waals surface area contributed by atoms with Crippen molar-refractivity contribution in [2.75, 3.05) is 19.0 Å². The lowest BCUT2D eigenvalue weighted by Crippen LogP contribution is -2.30. The van der Waals surface area contributed by atoms with E-state index in [4.69, 9.17) is 9.47 Å². The number of nitrogens with one attached hydrogen (secondary N) is 2. The van der Waals surface area contributed by atoms with Crippen LogP contribution in [0.1, 0.15) is 48.5 Å². The zero-order valence-corrected chi connectivity index (χ0v) is 18.3. The first-order chi connectivity index (χ1) is 15.4. The number of methoxy groups -OCH3 is 1. The summed E-state index contributed by atoms with van der Waals surface area (Å²) in [5.41, 5.74) is 1.41. The number of hydrogen-bond donors (Lipinski definition) is 3. The number of rotatable bonds is 9. The van der Waals surface area contributed by atoms with Crippen LogP contribution in [0.2, 0.25) is 0 Å². The second-order valence-corrected chi connectivity index (χ2v) is 7.74. The summed E-state index contributed by atoms with van der Waals surface area (Å²) in [6.45, 7) is 2.57. The van der Waals surface area contributed by atoms with Crippen LogP contribution in [0.15, 0.2) is 36.4 Å². The Balaban J connectivity index is 1.76. The molecule has 0 aliphatic heterocycles. The summed E-state index contributed by atoms with van der Waals surface area (Å²) in [5, 5.41) is 27.1. The highest BCUT2D eigenvalue weighted by atomic mass is 16.6. The van der Waals surface area contributed by atoms with Crippen molar-refractivity contribution in [3.63, 3.8) is 0 Å². The summed E-state index contributed by atoms with van der Waals surface area (Å²) in [6.07, 6.45) is 2.62. The molecule has 0 radical (unpaired) electrons. The summed E-state index contributed by atoms with van der Waals surface area (Å²) in [5.74, 6) is 0.768. The van der Waals surface area contributed by atoms with Crippen LogP contribution in [-0.2, 0) is 6.54 Å². The van der Waals surface area contributed by atoms with E-state index in [1.54, 1.807) is 25.3 Å². The molecule has 1 aliphatic carbocycles. The van der Waals surface area contributed by atoms with Gasteiger partial charge in [0.05, 0.1) is 30.3 Å². The van der Waals surface area contributed by atoms with Crippen LogP contribution >= 0.6 is 0 Å². The fourth-order valence-electron chi connectivity index (χ4n) is 3.78. The first-order valence-corrected chi connectivity index (χ1v) is 10.7. The second kappa shape index (κ2) is 10.8. The number of aliphatic hydroxyl groups excluding tert-OH is 1. The summed E-state index contributed by atoms with van der Waals surface area (Å²) in [6, 6.07) is 9.72. The van der Waals surface area contributed by atoms with Crippen molar-refractivity contribution in [2.45, 2.75) is 51.3 Å². The topological polar surface area (TPSA) is 123 Å². The molecule has 9 heteroatoms. The molecule has 0 heterocycles. The van der Waals surface area contributed by atoms with Crippen molar-refractivity contribution in [1.29, 1.82) is 0 Å². The maximum absolute atomic E-state index is 13.0. The Bertz CT molecular complexity index is 957. The minimum atomic E-state index is -0.518. The number of amides is 1. The molecule has 32 heavy (non-hydrogen) atoms. The third-order valence-corrected chi connectivity index (χ3v) is 5.50. The van der Waals surface area contributed by atoms with E-state index < -0.39 is 10.8 Å². The molecular formula is C23H29N3O6. The smallest absolute Gasteiger partial charge is 0.270 e. The molecule has 2 aromatic carbocycles. The van der Waals surface area contributed by atoms with Crippen molar-refractivity contribution >= 4 is 17.3 Å². The summed E-state index contributed by atoms with van der Waals surface area (Å²) >= 11 is 0. The zero-order valence-electron chi connectivity index (χ0n) is 18.3. The molecule has 1 amide bonds. The molecule has 1 saturated carbocycles. The summed E-state index contributed by atoms with van der Waals surface area (Å²) in [7, 11) is 1.56. The molecule has 1 fully saturated rings. The molecule has 3 N–H and O–H groups in total. The van der Waals surface area contributed by atoms with E-state index in [1.165, 1.54) is 12.1 Å². The van der Waals surface area contributed by atoms with Crippen molar-refractivity contribution < 1.29 is 24.3 Å². The Morgan fingerprint density at radius 3 is 2.56 bits per heavy atom. The van der Waals surface area contributed by atoms with E-state index in [9.17, 15) is 20.0 Å². The molecule has 0 spiro atoms. The number of hydrogen-bond acceptors (Lipinski definition) is 7. The summed E-state index contributed by atoms with van der Waals surface area (Å²) < 4.78 is 10.9. The lowest BCUT2D eigenvalue weighted by molar-refractivity contribution is -0.384. The number of benzene rings is 2. The highest BCUT2D eigenvalue weighted by Gasteiger charge is 2.23. The first-order valence-electron chi connectivity index (χ1n) is 10.7. The van der Waals surface area contributed by atoms with Gasteiger partial charge in [0.25, 0.3) is 11.6 Å². The molecule has 172 valence electrons. The Kier molecular flexibility index (Phi) is 7.88. The van der Waals surface area contributed by atoms with E-state index in [2.05, 4.69) is 10.6 Å². The number of carbonyl (C=O) groups excluding carboxylic acids is 1. The number of nitro groups is 1. The molecule has 0 aromatic heterocycles. The fraction of sp³-hybridized carbons (Fsp3) is 0.435. The number of carbonyl (C=O) groups is 1. The standard InChI is InChI=1S/C23H29N3O6/c1-3-32-22-12-15(4-11-21(22)31-2)14-24-23(28)19-13-17(26(29)30)7-10-20(19)25-16-5-8-18(27)9-6-16/h4,7,10-13,16,18,25,27H,3,5-6,8-9,14H2,1-2H3,(H,24,28)/t16-,18+. The predicted molar refractivity (Wildman–Crippen MR) is 120 cm³/mol. The normalized spacial score (nSPS) is 18.0. The largest absolute Gasteiger partial charge is 0.493 e. The van der Waals surface area contributed by atoms with Gasteiger partial charge in [-0.25, -0.2) is 0 Å². The third kappa shape index (κ3) is 5.88. The van der Waals surface area contributed by atoms with Gasteiger partial charge >= 0.3 is 0 Å². The highest BCUT2D eigenvalue weighted by Crippen LogP contribution is 2.29. The van der Waals surface area contributed by atoms with Gasteiger partial charge in [0.1, 0.15) is 0 Å². The first kappa shape index (κ1) is 23.3. The molecule has 3 rings (SSSR count). The second-order valence-electron chi connectivity index (χ2n) is 7.74. The van der Waals surface area contributed by atoms with Gasteiger partial charge in [-0.2, -0.15) is 0 Å². The number of ether oxygens (including phenoxy) is 2. The van der Waals surface area contributed by atoms with Crippen LogP contribution in [0.5, 0.6) is 11.5 Å². The Hall–Kier alpha value is -3.33. The monoisotopic (exact) mass is 443 g/mol. The van der Waals surface area contributed by atoms with E-state index >= 15 is 0 Å². The van der Waals surface area contributed by atoms with Crippen LogP contribution in [0.4, 0.5) is 11.4 Å². The molecule has 1 aliphatic rings. The van der Waals surface area contributed by atoms with Crippen molar-refractivity contribution in [2.24, 2.45) is 0 Å². The van der Waals surface area contributed by atoms with Crippen LogP contribution < -0.4 is 20.1 Å². The van der Waals surface area contributed by atoms with E-state index in [0.717, 1.165) is 18.4 Å².